The first-order valence-electron chi connectivity index (χ1n) is 7.25. The number of rotatable bonds is 5. The van der Waals surface area contributed by atoms with Gasteiger partial charge in [-0.2, -0.15) is 0 Å². The van der Waals surface area contributed by atoms with Crippen molar-refractivity contribution in [2.75, 3.05) is 6.54 Å². The number of carbonyl (C=O) groups is 2. The minimum Gasteiger partial charge on any atom is -0.343 e. The highest BCUT2D eigenvalue weighted by Gasteiger charge is 2.34. The molecular formula is C16H22N2O2. The van der Waals surface area contributed by atoms with Gasteiger partial charge in [0.2, 0.25) is 11.8 Å². The first kappa shape index (κ1) is 14.6. The van der Waals surface area contributed by atoms with Crippen molar-refractivity contribution >= 4 is 11.8 Å². The fraction of sp³-hybridized carbons (Fsp3) is 0.500. The molecule has 0 spiro atoms. The average molecular weight is 274 g/mol. The molecule has 2 unspecified atom stereocenters. The van der Waals surface area contributed by atoms with Crippen LogP contribution < -0.4 is 5.32 Å². The molecule has 1 heterocycles. The number of nitrogens with zero attached hydrogens (tertiary/aromatic N) is 1. The summed E-state index contributed by atoms with van der Waals surface area (Å²) in [5.41, 5.74) is 1.19. The van der Waals surface area contributed by atoms with E-state index in [4.69, 9.17) is 0 Å². The van der Waals surface area contributed by atoms with Gasteiger partial charge in [-0.25, -0.2) is 0 Å². The van der Waals surface area contributed by atoms with Gasteiger partial charge in [-0.05, 0) is 25.3 Å². The van der Waals surface area contributed by atoms with Gasteiger partial charge < -0.3 is 10.2 Å². The summed E-state index contributed by atoms with van der Waals surface area (Å²) in [4.78, 5) is 25.9. The summed E-state index contributed by atoms with van der Waals surface area (Å²) in [6.07, 6.45) is 2.37. The average Bonchev–Trinajstić information content (AvgIpc) is 2.43. The van der Waals surface area contributed by atoms with Crippen LogP contribution in [0.25, 0.3) is 0 Å². The molecule has 108 valence electrons. The normalized spacial score (nSPS) is 20.7. The van der Waals surface area contributed by atoms with E-state index in [2.05, 4.69) is 17.4 Å². The molecule has 2 atom stereocenters. The second-order valence-corrected chi connectivity index (χ2v) is 5.41. The summed E-state index contributed by atoms with van der Waals surface area (Å²) in [6.45, 7) is 4.20. The van der Waals surface area contributed by atoms with Gasteiger partial charge in [-0.3, -0.25) is 9.59 Å². The van der Waals surface area contributed by atoms with Gasteiger partial charge >= 0.3 is 0 Å². The van der Waals surface area contributed by atoms with Gasteiger partial charge in [0.1, 0.15) is 6.04 Å². The van der Waals surface area contributed by atoms with E-state index in [1.54, 1.807) is 4.90 Å². The lowest BCUT2D eigenvalue weighted by atomic mass is 10.0. The predicted octanol–water partition coefficient (Wildman–Crippen LogP) is 1.74. The third-order valence-electron chi connectivity index (χ3n) is 3.71. The maximum absolute atomic E-state index is 12.4. The minimum atomic E-state index is -0.348. The molecule has 2 rings (SSSR count). The van der Waals surface area contributed by atoms with E-state index in [1.165, 1.54) is 5.56 Å². The lowest BCUT2D eigenvalue weighted by molar-refractivity contribution is -0.146. The Labute approximate surface area is 120 Å². The van der Waals surface area contributed by atoms with Crippen molar-refractivity contribution in [3.63, 3.8) is 0 Å². The maximum Gasteiger partial charge on any atom is 0.245 e. The molecule has 1 fully saturated rings. The van der Waals surface area contributed by atoms with Crippen LogP contribution in [0.15, 0.2) is 30.3 Å². The maximum atomic E-state index is 12.4. The molecule has 1 N–H and O–H groups in total. The zero-order valence-electron chi connectivity index (χ0n) is 12.1. The Kier molecular flexibility index (Phi) is 4.77. The highest BCUT2D eigenvalue weighted by molar-refractivity contribution is 5.95. The molecule has 0 radical (unpaired) electrons. The summed E-state index contributed by atoms with van der Waals surface area (Å²) in [7, 11) is 0. The largest absolute Gasteiger partial charge is 0.343 e. The Morgan fingerprint density at radius 3 is 2.65 bits per heavy atom. The van der Waals surface area contributed by atoms with Crippen LogP contribution in [0.1, 0.15) is 32.3 Å². The molecule has 1 saturated heterocycles. The van der Waals surface area contributed by atoms with E-state index < -0.39 is 0 Å². The number of amides is 2. The van der Waals surface area contributed by atoms with Crippen molar-refractivity contribution < 1.29 is 9.59 Å². The fourth-order valence-electron chi connectivity index (χ4n) is 2.66. The predicted molar refractivity (Wildman–Crippen MR) is 78.2 cm³/mol. The highest BCUT2D eigenvalue weighted by atomic mass is 16.2. The fourth-order valence-corrected chi connectivity index (χ4v) is 2.66. The van der Waals surface area contributed by atoms with E-state index in [0.717, 1.165) is 12.8 Å². The Balaban J connectivity index is 2.05. The van der Waals surface area contributed by atoms with Crippen molar-refractivity contribution in [1.82, 2.24) is 10.2 Å². The third kappa shape index (κ3) is 3.38. The molecule has 4 heteroatoms. The van der Waals surface area contributed by atoms with Crippen LogP contribution in [0.5, 0.6) is 0 Å². The Bertz CT molecular complexity index is 473. The number of piperazine rings is 1. The molecular weight excluding hydrogens is 252 g/mol. The first-order valence-corrected chi connectivity index (χ1v) is 7.25. The Hall–Kier alpha value is -1.84. The number of nitrogens with one attached hydrogen (secondary N) is 1. The van der Waals surface area contributed by atoms with Crippen molar-refractivity contribution in [3.8, 4) is 0 Å². The quantitative estimate of drug-likeness (QED) is 0.889. The van der Waals surface area contributed by atoms with E-state index in [9.17, 15) is 9.59 Å². The number of hydrogen-bond acceptors (Lipinski definition) is 2. The van der Waals surface area contributed by atoms with E-state index >= 15 is 0 Å². The van der Waals surface area contributed by atoms with Crippen molar-refractivity contribution in [1.29, 1.82) is 0 Å². The molecule has 1 aromatic rings. The molecule has 2 amide bonds. The van der Waals surface area contributed by atoms with Crippen LogP contribution >= 0.6 is 0 Å². The van der Waals surface area contributed by atoms with E-state index in [0.29, 0.717) is 6.42 Å². The van der Waals surface area contributed by atoms with Gasteiger partial charge in [0.15, 0.2) is 0 Å². The van der Waals surface area contributed by atoms with E-state index in [1.807, 2.05) is 32.0 Å². The zero-order chi connectivity index (χ0) is 14.5. The third-order valence-corrected chi connectivity index (χ3v) is 3.71. The van der Waals surface area contributed by atoms with Gasteiger partial charge in [0.25, 0.3) is 0 Å². The lowest BCUT2D eigenvalue weighted by Gasteiger charge is -2.36. The molecule has 4 nitrogen and oxygen atoms in total. The van der Waals surface area contributed by atoms with Crippen LogP contribution in [-0.2, 0) is 16.0 Å². The molecule has 20 heavy (non-hydrogen) atoms. The van der Waals surface area contributed by atoms with Crippen LogP contribution in [0, 0.1) is 0 Å². The molecule has 0 bridgehead atoms. The van der Waals surface area contributed by atoms with Crippen LogP contribution in [-0.4, -0.2) is 35.3 Å². The standard InChI is InChI=1S/C16H22N2O2/c1-3-7-14-16(20)18(11-15(19)17-14)12(2)10-13-8-5-4-6-9-13/h4-6,8-9,12,14H,3,7,10-11H2,1-2H3,(H,17,19). The second-order valence-electron chi connectivity index (χ2n) is 5.41. The minimum absolute atomic E-state index is 0.0373. The number of carbonyl (C=O) groups excluding carboxylic acids is 2. The van der Waals surface area contributed by atoms with Crippen molar-refractivity contribution in [2.24, 2.45) is 0 Å². The van der Waals surface area contributed by atoms with Crippen molar-refractivity contribution in [3.05, 3.63) is 35.9 Å². The van der Waals surface area contributed by atoms with Crippen molar-refractivity contribution in [2.45, 2.75) is 45.2 Å². The summed E-state index contributed by atoms with van der Waals surface area (Å²) >= 11 is 0. The van der Waals surface area contributed by atoms with Crippen LogP contribution in [0.4, 0.5) is 0 Å². The molecule has 0 saturated carbocycles. The number of hydrogen-bond donors (Lipinski definition) is 1. The van der Waals surface area contributed by atoms with Gasteiger partial charge in [0, 0.05) is 6.04 Å². The molecule has 1 aromatic carbocycles. The number of benzene rings is 1. The summed E-state index contributed by atoms with van der Waals surface area (Å²) in [5, 5.41) is 2.79. The SMILES string of the molecule is CCCC1NC(=O)CN(C(C)Cc2ccccc2)C1=O. The molecule has 1 aliphatic rings. The van der Waals surface area contributed by atoms with E-state index in [-0.39, 0.29) is 30.4 Å². The Morgan fingerprint density at radius 1 is 1.30 bits per heavy atom. The smallest absolute Gasteiger partial charge is 0.245 e. The topological polar surface area (TPSA) is 49.4 Å². The van der Waals surface area contributed by atoms with Gasteiger partial charge in [-0.1, -0.05) is 43.7 Å². The first-order chi connectivity index (χ1) is 9.61. The van der Waals surface area contributed by atoms with Crippen LogP contribution in [0.2, 0.25) is 0 Å². The van der Waals surface area contributed by atoms with Crippen LogP contribution in [0.3, 0.4) is 0 Å². The summed E-state index contributed by atoms with van der Waals surface area (Å²) in [5.74, 6) is -0.00200. The van der Waals surface area contributed by atoms with Gasteiger partial charge in [-0.15, -0.1) is 0 Å². The molecule has 0 aliphatic carbocycles. The second kappa shape index (κ2) is 6.55. The summed E-state index contributed by atoms with van der Waals surface area (Å²) < 4.78 is 0. The highest BCUT2D eigenvalue weighted by Crippen LogP contribution is 2.14. The zero-order valence-corrected chi connectivity index (χ0v) is 12.1. The molecule has 0 aromatic heterocycles. The summed E-state index contributed by atoms with van der Waals surface area (Å²) in [6, 6.07) is 9.75. The molecule has 1 aliphatic heterocycles. The lowest BCUT2D eigenvalue weighted by Crippen LogP contribution is -2.60. The monoisotopic (exact) mass is 274 g/mol. The Morgan fingerprint density at radius 2 is 2.00 bits per heavy atom. The van der Waals surface area contributed by atoms with Gasteiger partial charge in [0.05, 0.1) is 6.54 Å².